The van der Waals surface area contributed by atoms with Crippen molar-refractivity contribution in [3.05, 3.63) is 64.3 Å². The van der Waals surface area contributed by atoms with Gasteiger partial charge in [-0.3, -0.25) is 14.6 Å². The van der Waals surface area contributed by atoms with Crippen molar-refractivity contribution in [3.63, 3.8) is 0 Å². The van der Waals surface area contributed by atoms with Gasteiger partial charge in [0.2, 0.25) is 0 Å². The monoisotopic (exact) mass is 286 g/mol. The molecule has 2 aromatic heterocycles. The lowest BCUT2D eigenvalue weighted by Crippen LogP contribution is -2.31. The lowest BCUT2D eigenvalue weighted by Gasteiger charge is -2.06. The van der Waals surface area contributed by atoms with Gasteiger partial charge in [0.05, 0.1) is 0 Å². The average Bonchev–Trinajstić information content (AvgIpc) is 2.52. The van der Waals surface area contributed by atoms with Gasteiger partial charge in [-0.05, 0) is 36.7 Å². The molecule has 21 heavy (non-hydrogen) atoms. The predicted molar refractivity (Wildman–Crippen MR) is 80.0 cm³/mol. The van der Waals surface area contributed by atoms with Gasteiger partial charge < -0.3 is 15.6 Å². The fourth-order valence-electron chi connectivity index (χ4n) is 1.85. The number of aromatic nitrogens is 2. The van der Waals surface area contributed by atoms with Gasteiger partial charge in [-0.2, -0.15) is 0 Å². The molecule has 0 saturated carbocycles. The maximum Gasteiger partial charge on any atom is 0.260 e. The van der Waals surface area contributed by atoms with E-state index in [-0.39, 0.29) is 17.0 Å². The SMILES string of the molecule is O=C(NCCCNCc1cccnc1)c1ccc[nH]c1=O. The zero-order chi connectivity index (χ0) is 14.9. The van der Waals surface area contributed by atoms with Crippen molar-refractivity contribution in [2.24, 2.45) is 0 Å². The third-order valence-corrected chi connectivity index (χ3v) is 2.93. The first-order valence-electron chi connectivity index (χ1n) is 6.83. The van der Waals surface area contributed by atoms with Crippen LogP contribution in [0, 0.1) is 0 Å². The van der Waals surface area contributed by atoms with E-state index in [9.17, 15) is 9.59 Å². The van der Waals surface area contributed by atoms with Crippen LogP contribution < -0.4 is 16.2 Å². The number of nitrogens with zero attached hydrogens (tertiary/aromatic N) is 1. The zero-order valence-corrected chi connectivity index (χ0v) is 11.6. The van der Waals surface area contributed by atoms with Gasteiger partial charge in [-0.1, -0.05) is 6.07 Å². The highest BCUT2D eigenvalue weighted by Gasteiger charge is 2.07. The molecule has 0 radical (unpaired) electrons. The topological polar surface area (TPSA) is 86.9 Å². The lowest BCUT2D eigenvalue weighted by atomic mass is 10.2. The Bertz CT molecular complexity index is 625. The Kier molecular flexibility index (Phi) is 5.66. The number of carbonyl (C=O) groups excluding carboxylic acids is 1. The van der Waals surface area contributed by atoms with Crippen molar-refractivity contribution < 1.29 is 4.79 Å². The summed E-state index contributed by atoms with van der Waals surface area (Å²) >= 11 is 0. The summed E-state index contributed by atoms with van der Waals surface area (Å²) < 4.78 is 0. The average molecular weight is 286 g/mol. The second kappa shape index (κ2) is 7.96. The standard InChI is InChI=1S/C15H18N4O2/c20-14-13(5-2-8-18-14)15(21)19-9-3-7-17-11-12-4-1-6-16-10-12/h1-2,4-6,8,10,17H,3,7,9,11H2,(H,18,20)(H,19,21). The summed E-state index contributed by atoms with van der Waals surface area (Å²) in [5, 5.41) is 5.99. The van der Waals surface area contributed by atoms with E-state index < -0.39 is 0 Å². The van der Waals surface area contributed by atoms with Gasteiger partial charge in [0, 0.05) is 31.7 Å². The number of hydrogen-bond donors (Lipinski definition) is 3. The minimum Gasteiger partial charge on any atom is -0.352 e. The first-order chi connectivity index (χ1) is 10.3. The van der Waals surface area contributed by atoms with E-state index in [0.29, 0.717) is 6.54 Å². The summed E-state index contributed by atoms with van der Waals surface area (Å²) in [7, 11) is 0. The predicted octanol–water partition coefficient (Wildman–Crippen LogP) is 0.680. The first-order valence-corrected chi connectivity index (χ1v) is 6.83. The van der Waals surface area contributed by atoms with Crippen LogP contribution in [0.3, 0.4) is 0 Å². The first kappa shape index (κ1) is 14.9. The van der Waals surface area contributed by atoms with Crippen molar-refractivity contribution in [2.45, 2.75) is 13.0 Å². The Morgan fingerprint density at radius 2 is 2.14 bits per heavy atom. The van der Waals surface area contributed by atoms with Crippen LogP contribution in [-0.2, 0) is 6.54 Å². The Morgan fingerprint density at radius 3 is 2.90 bits per heavy atom. The maximum atomic E-state index is 11.8. The third kappa shape index (κ3) is 4.85. The molecule has 6 heteroatoms. The molecule has 0 aliphatic carbocycles. The molecule has 0 aromatic carbocycles. The second-order valence-corrected chi connectivity index (χ2v) is 4.56. The smallest absolute Gasteiger partial charge is 0.260 e. The van der Waals surface area contributed by atoms with Crippen LogP contribution in [0.25, 0.3) is 0 Å². The highest BCUT2D eigenvalue weighted by molar-refractivity contribution is 5.93. The van der Waals surface area contributed by atoms with Crippen LogP contribution in [0.1, 0.15) is 22.3 Å². The molecule has 0 spiro atoms. The van der Waals surface area contributed by atoms with Gasteiger partial charge in [0.15, 0.2) is 0 Å². The molecule has 0 aliphatic heterocycles. The molecular formula is C15H18N4O2. The number of hydrogen-bond acceptors (Lipinski definition) is 4. The van der Waals surface area contributed by atoms with Crippen molar-refractivity contribution in [2.75, 3.05) is 13.1 Å². The van der Waals surface area contributed by atoms with Crippen molar-refractivity contribution >= 4 is 5.91 Å². The van der Waals surface area contributed by atoms with E-state index in [1.54, 1.807) is 12.3 Å². The van der Waals surface area contributed by atoms with Crippen LogP contribution in [0.2, 0.25) is 0 Å². The van der Waals surface area contributed by atoms with Crippen LogP contribution in [0.5, 0.6) is 0 Å². The van der Waals surface area contributed by atoms with E-state index in [4.69, 9.17) is 0 Å². The third-order valence-electron chi connectivity index (χ3n) is 2.93. The molecule has 0 atom stereocenters. The number of carbonyl (C=O) groups is 1. The Morgan fingerprint density at radius 1 is 1.24 bits per heavy atom. The van der Waals surface area contributed by atoms with Gasteiger partial charge >= 0.3 is 0 Å². The summed E-state index contributed by atoms with van der Waals surface area (Å²) in [6, 6.07) is 7.04. The van der Waals surface area contributed by atoms with Crippen LogP contribution in [-0.4, -0.2) is 29.0 Å². The number of amides is 1. The minimum absolute atomic E-state index is 0.140. The maximum absolute atomic E-state index is 11.8. The molecule has 110 valence electrons. The highest BCUT2D eigenvalue weighted by atomic mass is 16.2. The van der Waals surface area contributed by atoms with E-state index in [1.807, 2.05) is 18.3 Å². The zero-order valence-electron chi connectivity index (χ0n) is 11.6. The molecule has 1 amide bonds. The van der Waals surface area contributed by atoms with Crippen molar-refractivity contribution in [1.82, 2.24) is 20.6 Å². The quantitative estimate of drug-likeness (QED) is 0.653. The van der Waals surface area contributed by atoms with Gasteiger partial charge in [-0.15, -0.1) is 0 Å². The highest BCUT2D eigenvalue weighted by Crippen LogP contribution is 1.94. The lowest BCUT2D eigenvalue weighted by molar-refractivity contribution is 0.0951. The molecule has 6 nitrogen and oxygen atoms in total. The fraction of sp³-hybridized carbons (Fsp3) is 0.267. The van der Waals surface area contributed by atoms with Crippen molar-refractivity contribution in [1.29, 1.82) is 0 Å². The van der Waals surface area contributed by atoms with Gasteiger partial charge in [-0.25, -0.2) is 0 Å². The van der Waals surface area contributed by atoms with Crippen LogP contribution in [0.15, 0.2) is 47.7 Å². The molecule has 2 rings (SSSR count). The number of H-pyrrole nitrogens is 1. The van der Waals surface area contributed by atoms with Crippen LogP contribution in [0.4, 0.5) is 0 Å². The van der Waals surface area contributed by atoms with Gasteiger partial charge in [0.25, 0.3) is 11.5 Å². The summed E-state index contributed by atoms with van der Waals surface area (Å²) in [6.45, 7) is 2.05. The minimum atomic E-state index is -0.371. The number of aromatic amines is 1. The summed E-state index contributed by atoms with van der Waals surface area (Å²) in [4.78, 5) is 29.7. The van der Waals surface area contributed by atoms with E-state index in [0.717, 1.165) is 25.1 Å². The Hall–Kier alpha value is -2.47. The summed E-state index contributed by atoms with van der Waals surface area (Å²) in [5.74, 6) is -0.343. The Labute approximate surface area is 122 Å². The van der Waals surface area contributed by atoms with Crippen molar-refractivity contribution in [3.8, 4) is 0 Å². The van der Waals surface area contributed by atoms with E-state index in [1.165, 1.54) is 12.3 Å². The van der Waals surface area contributed by atoms with Gasteiger partial charge in [0.1, 0.15) is 5.56 Å². The second-order valence-electron chi connectivity index (χ2n) is 4.56. The van der Waals surface area contributed by atoms with Crippen LogP contribution >= 0.6 is 0 Å². The fourth-order valence-corrected chi connectivity index (χ4v) is 1.85. The Balaban J connectivity index is 1.63. The van der Waals surface area contributed by atoms with E-state index >= 15 is 0 Å². The molecular weight excluding hydrogens is 268 g/mol. The normalized spacial score (nSPS) is 10.3. The number of nitrogens with one attached hydrogen (secondary N) is 3. The molecule has 0 saturated heterocycles. The van der Waals surface area contributed by atoms with E-state index in [2.05, 4.69) is 20.6 Å². The summed E-state index contributed by atoms with van der Waals surface area (Å²) in [6.07, 6.45) is 5.85. The molecule has 2 aromatic rings. The molecule has 0 unspecified atom stereocenters. The molecule has 0 fully saturated rings. The largest absolute Gasteiger partial charge is 0.352 e. The number of pyridine rings is 2. The molecule has 2 heterocycles. The molecule has 0 bridgehead atoms. The number of rotatable bonds is 7. The summed E-state index contributed by atoms with van der Waals surface area (Å²) in [5.41, 5.74) is 0.892. The molecule has 3 N–H and O–H groups in total. The molecule has 0 aliphatic rings.